The summed E-state index contributed by atoms with van der Waals surface area (Å²) in [6, 6.07) is 7.17. The van der Waals surface area contributed by atoms with Gasteiger partial charge in [-0.25, -0.2) is 26.3 Å². The second-order valence-electron chi connectivity index (χ2n) is 15.7. The van der Waals surface area contributed by atoms with Gasteiger partial charge in [-0.15, -0.1) is 20.4 Å². The van der Waals surface area contributed by atoms with Gasteiger partial charge in [0.25, 0.3) is 52.5 Å². The van der Waals surface area contributed by atoms with Crippen molar-refractivity contribution in [1.29, 1.82) is 0 Å². The Balaban J connectivity index is 0.966. The number of aliphatic hydroxyl groups is 1. The Kier molecular flexibility index (Phi) is 27.4. The maximum absolute atomic E-state index is 12.1. The molecule has 0 radical (unpaired) electrons. The summed E-state index contributed by atoms with van der Waals surface area (Å²) in [6.07, 6.45) is -2.70. The van der Waals surface area contributed by atoms with Gasteiger partial charge < -0.3 is 77.3 Å². The molecule has 1 amide bonds. The molecule has 1 saturated heterocycles. The molecular weight excluding hydrogens is 1180 g/mol. The second kappa shape index (κ2) is 31.8. The highest BCUT2D eigenvalue weighted by Crippen LogP contribution is 2.70. The molecule has 36 nitrogen and oxygen atoms in total. The summed E-state index contributed by atoms with van der Waals surface area (Å²) in [5.74, 6) is 1.23. The number of unbranched alkanes of at least 4 members (excludes halogenated alkanes) is 3. The summed E-state index contributed by atoms with van der Waals surface area (Å²) in [5.41, 5.74) is -0.910. The van der Waals surface area contributed by atoms with Crippen molar-refractivity contribution in [3.63, 3.8) is 0 Å². The van der Waals surface area contributed by atoms with Crippen LogP contribution in [0.5, 0.6) is 5.75 Å². The van der Waals surface area contributed by atoms with Crippen molar-refractivity contribution >= 4 is 52.8 Å². The van der Waals surface area contributed by atoms with Crippen molar-refractivity contribution in [3.8, 4) is 17.1 Å². The first-order valence-corrected chi connectivity index (χ1v) is 31.5. The van der Waals surface area contributed by atoms with E-state index in [4.69, 9.17) is 28.4 Å². The number of aryl methyl sites for hydroxylation is 2. The minimum Gasteiger partial charge on any atom is -0.756 e. The number of nitrogens with one attached hydrogen (secondary N) is 2. The van der Waals surface area contributed by atoms with Crippen LogP contribution in [0.4, 0.5) is 0 Å². The number of nitrogens with zero attached hydrogens (tertiary/aromatic N) is 5. The van der Waals surface area contributed by atoms with Crippen LogP contribution in [0.3, 0.4) is 0 Å². The van der Waals surface area contributed by atoms with E-state index in [9.17, 15) is 76.2 Å². The Labute approximate surface area is 442 Å². The quantitative estimate of drug-likeness (QED) is 0.0418. The largest absolute Gasteiger partial charge is 0.756 e. The van der Waals surface area contributed by atoms with Crippen LogP contribution in [-0.2, 0) is 86.5 Å². The molecule has 0 saturated carbocycles. The minimum atomic E-state index is -6.96. The SMILES string of the molecule is Cc1nnc(-c2ccc(OCCOCCOCCOCCOCCC(=O)NCCCCCCOP(=O)([O-])OP(=O)([O-])OP(=O)([O-])OP(=O)([O-])OP(=O)([O-])OP(=O)([O-])OC[C@H]3O[C@@H](n4cc(C)c(=O)[nH]c4=O)CC3O)cc2)nn1. The van der Waals surface area contributed by atoms with E-state index in [1.165, 1.54) is 6.92 Å². The van der Waals surface area contributed by atoms with E-state index >= 15 is 0 Å². The molecule has 42 heteroatoms. The Morgan fingerprint density at radius 1 is 0.667 bits per heavy atom. The molecule has 7 unspecified atom stereocenters. The number of ether oxygens (including phenoxy) is 6. The highest BCUT2D eigenvalue weighted by Gasteiger charge is 2.38. The number of hydrogen-bond donors (Lipinski definition) is 3. The first kappa shape index (κ1) is 67.2. The highest BCUT2D eigenvalue weighted by molar-refractivity contribution is 7.71. The number of aromatic nitrogens is 6. The van der Waals surface area contributed by atoms with Crippen molar-refractivity contribution in [2.24, 2.45) is 0 Å². The summed E-state index contributed by atoms with van der Waals surface area (Å²) in [7, 11) is -39.5. The molecule has 3 N–H and O–H groups in total. The Morgan fingerprint density at radius 2 is 1.15 bits per heavy atom. The van der Waals surface area contributed by atoms with Crippen LogP contribution in [-0.4, -0.2) is 132 Å². The zero-order valence-corrected chi connectivity index (χ0v) is 46.5. The maximum Gasteiger partial charge on any atom is 0.330 e. The van der Waals surface area contributed by atoms with Crippen molar-refractivity contribution < 1.29 is 126 Å². The number of aliphatic hydroxyl groups excluding tert-OH is 1. The van der Waals surface area contributed by atoms with Gasteiger partial charge in [0.2, 0.25) is 11.7 Å². The number of phosphoric acid groups is 6. The van der Waals surface area contributed by atoms with E-state index in [0.717, 1.165) is 16.3 Å². The fourth-order valence-electron chi connectivity index (χ4n) is 6.03. The molecule has 78 heavy (non-hydrogen) atoms. The molecular formula is C36H53N7O29P6-6. The molecule has 442 valence electrons. The van der Waals surface area contributed by atoms with Gasteiger partial charge in [0, 0.05) is 36.7 Å². The molecule has 0 aliphatic carbocycles. The van der Waals surface area contributed by atoms with Crippen LogP contribution in [0, 0.1) is 13.8 Å². The lowest BCUT2D eigenvalue weighted by molar-refractivity contribution is -0.256. The van der Waals surface area contributed by atoms with Gasteiger partial charge in [-0.3, -0.25) is 46.5 Å². The summed E-state index contributed by atoms with van der Waals surface area (Å²) < 4.78 is 131. The molecule has 9 atom stereocenters. The molecule has 3 aromatic rings. The number of carbonyl (C=O) groups is 1. The average molecular weight is 1230 g/mol. The number of rotatable bonds is 39. The van der Waals surface area contributed by atoms with Gasteiger partial charge in [0.15, 0.2) is 5.82 Å². The molecule has 1 aliphatic heterocycles. The number of aromatic amines is 1. The Bertz CT molecular complexity index is 2800. The number of phosphoric ester groups is 2. The lowest BCUT2D eigenvalue weighted by atomic mass is 10.2. The van der Waals surface area contributed by atoms with E-state index in [-0.39, 0.29) is 63.5 Å². The number of carbonyl (C=O) groups excluding carboxylic acids is 1. The van der Waals surface area contributed by atoms with Crippen LogP contribution < -0.4 is 50.7 Å². The molecule has 1 aliphatic rings. The number of H-pyrrole nitrogens is 1. The minimum absolute atomic E-state index is 0.0444. The second-order valence-corrected chi connectivity index (χ2v) is 24.9. The van der Waals surface area contributed by atoms with E-state index in [1.54, 1.807) is 31.2 Å². The lowest BCUT2D eigenvalue weighted by Crippen LogP contribution is -2.33. The van der Waals surface area contributed by atoms with Gasteiger partial charge in [-0.2, -0.15) is 0 Å². The van der Waals surface area contributed by atoms with Gasteiger partial charge in [0.05, 0.1) is 72.2 Å². The van der Waals surface area contributed by atoms with Crippen LogP contribution in [0.15, 0.2) is 40.1 Å². The van der Waals surface area contributed by atoms with Crippen LogP contribution in [0.25, 0.3) is 11.4 Å². The highest BCUT2D eigenvalue weighted by atomic mass is 31.3. The van der Waals surface area contributed by atoms with Gasteiger partial charge >= 0.3 is 5.69 Å². The fraction of sp³-hybridized carbons (Fsp3) is 0.639. The third-order valence-electron chi connectivity index (χ3n) is 9.48. The summed E-state index contributed by atoms with van der Waals surface area (Å²) >= 11 is 0. The number of benzene rings is 1. The third-order valence-corrected chi connectivity index (χ3v) is 18.4. The van der Waals surface area contributed by atoms with Gasteiger partial charge in [-0.05, 0) is 51.0 Å². The predicted molar refractivity (Wildman–Crippen MR) is 246 cm³/mol. The average Bonchev–Trinajstić information content (AvgIpc) is 3.69. The summed E-state index contributed by atoms with van der Waals surface area (Å²) in [5, 5.41) is 28.6. The van der Waals surface area contributed by atoms with Crippen LogP contribution in [0.2, 0.25) is 0 Å². The third kappa shape index (κ3) is 26.5. The molecule has 1 aromatic carbocycles. The van der Waals surface area contributed by atoms with Crippen molar-refractivity contribution in [3.05, 3.63) is 62.7 Å². The number of hydrogen-bond acceptors (Lipinski definition) is 33. The predicted octanol–water partition coefficient (Wildman–Crippen LogP) is -1.81. The monoisotopic (exact) mass is 1230 g/mol. The van der Waals surface area contributed by atoms with E-state index in [0.29, 0.717) is 69.9 Å². The van der Waals surface area contributed by atoms with Gasteiger partial charge in [0.1, 0.15) is 24.7 Å². The molecule has 0 spiro atoms. The molecule has 0 bridgehead atoms. The zero-order valence-electron chi connectivity index (χ0n) is 41.1. The molecule has 2 aromatic heterocycles. The van der Waals surface area contributed by atoms with Crippen molar-refractivity contribution in [2.45, 2.75) is 70.8 Å². The molecule has 3 heterocycles. The van der Waals surface area contributed by atoms with Crippen LogP contribution in [0.1, 0.15) is 56.1 Å². The Morgan fingerprint density at radius 3 is 1.71 bits per heavy atom. The fourth-order valence-corrected chi connectivity index (χ4v) is 13.5. The number of amides is 1. The van der Waals surface area contributed by atoms with Crippen molar-refractivity contribution in [1.82, 2.24) is 35.3 Å². The lowest BCUT2D eigenvalue weighted by Gasteiger charge is -2.38. The van der Waals surface area contributed by atoms with Crippen LogP contribution >= 0.6 is 46.9 Å². The van der Waals surface area contributed by atoms with E-state index in [1.807, 2.05) is 4.98 Å². The Hall–Kier alpha value is -3.27. The normalized spacial score (nSPS) is 20.3. The topological polar surface area (TPSA) is 517 Å². The first-order valence-electron chi connectivity index (χ1n) is 22.8. The van der Waals surface area contributed by atoms with E-state index in [2.05, 4.69) is 56.3 Å². The summed E-state index contributed by atoms with van der Waals surface area (Å²) in [4.78, 5) is 110. The first-order chi connectivity index (χ1) is 36.5. The van der Waals surface area contributed by atoms with Gasteiger partial charge in [-0.1, -0.05) is 12.8 Å². The van der Waals surface area contributed by atoms with Crippen molar-refractivity contribution in [2.75, 3.05) is 79.2 Å². The molecule has 1 fully saturated rings. The summed E-state index contributed by atoms with van der Waals surface area (Å²) in [6.45, 7) is 3.98. The smallest absolute Gasteiger partial charge is 0.330 e. The molecule has 4 rings (SSSR count). The maximum atomic E-state index is 12.1. The van der Waals surface area contributed by atoms with E-state index < -0.39 is 89.8 Å². The standard InChI is InChI=1S/C36H59N7O29P6/c1-26-24-43(36(47)38-35(26)46)33-23-30(44)31(67-33)25-66-74(50,51)69-76(54,55)71-78(58,59)72-77(56,57)70-75(52,53)68-73(48,49)65-13-6-4-3-5-12-37-32(45)11-14-60-15-16-61-17-18-62-19-20-63-21-22-64-29-9-7-28(8-10-29)34-41-39-27(2)40-42-34/h7-10,24,30-31,33,44H,3-6,11-23,25H2,1-2H3,(H,37,45)(H,48,49)(H,50,51)(H,52,53)(H,54,55)(H,56,57)(H,58,59)(H,38,46,47)/p-6/t30?,31-,33-/m1/s1. The zero-order chi connectivity index (χ0) is 57.6.